The molecule has 0 saturated heterocycles. The van der Waals surface area contributed by atoms with Gasteiger partial charge in [-0.2, -0.15) is 13.2 Å². The number of alkyl halides is 3. The number of esters is 2. The number of benzene rings is 3. The van der Waals surface area contributed by atoms with Crippen molar-refractivity contribution in [2.75, 3.05) is 13.7 Å². The van der Waals surface area contributed by atoms with Crippen LogP contribution in [-0.4, -0.2) is 30.7 Å². The third-order valence-corrected chi connectivity index (χ3v) is 7.79. The summed E-state index contributed by atoms with van der Waals surface area (Å²) in [4.78, 5) is 38.7. The van der Waals surface area contributed by atoms with Crippen LogP contribution in [0.25, 0.3) is 6.08 Å². The minimum atomic E-state index is -4.32. The molecule has 0 bridgehead atoms. The number of halogens is 3. The van der Waals surface area contributed by atoms with E-state index in [0.29, 0.717) is 48.0 Å². The molecule has 0 aromatic heterocycles. The molecule has 0 unspecified atom stereocenters. The van der Waals surface area contributed by atoms with Crippen molar-refractivity contribution in [2.24, 2.45) is 5.92 Å². The molecule has 1 aliphatic rings. The van der Waals surface area contributed by atoms with E-state index in [0.717, 1.165) is 25.0 Å². The number of methoxy groups -OCH3 is 1. The van der Waals surface area contributed by atoms with E-state index < -0.39 is 22.8 Å². The van der Waals surface area contributed by atoms with Crippen molar-refractivity contribution in [3.63, 3.8) is 0 Å². The van der Waals surface area contributed by atoms with Gasteiger partial charge >= 0.3 is 18.1 Å². The van der Waals surface area contributed by atoms with Crippen LogP contribution >= 0.6 is 0 Å². The van der Waals surface area contributed by atoms with Gasteiger partial charge in [-0.05, 0) is 105 Å². The van der Waals surface area contributed by atoms with E-state index in [4.69, 9.17) is 18.9 Å². The average Bonchev–Trinajstić information content (AvgIpc) is 3.66. The van der Waals surface area contributed by atoms with Crippen LogP contribution in [0.4, 0.5) is 13.2 Å². The molecule has 13 heteroatoms. The minimum Gasteiger partial charge on any atom is -0.493 e. The SMILES string of the molecule is C/C=C\CCCC(=O)Oc1ccc(/C=C/C(=O)Oc2cccc(CO[N+](=O)[O-])c2)cc1OC.FC(F)(F)c1cccc(OCC/C=C/C2CCCC2)c1. The normalized spacial score (nSPS) is 13.2. The summed E-state index contributed by atoms with van der Waals surface area (Å²) in [6, 6.07) is 16.1. The summed E-state index contributed by atoms with van der Waals surface area (Å²) in [6.07, 6.45) is 14.3. The van der Waals surface area contributed by atoms with Crippen LogP contribution < -0.4 is 18.9 Å². The van der Waals surface area contributed by atoms with E-state index in [1.165, 1.54) is 57.1 Å². The minimum absolute atomic E-state index is 0.225. The summed E-state index contributed by atoms with van der Waals surface area (Å²) in [5.74, 6) is 0.835. The molecule has 3 aromatic rings. The Bertz CT molecular complexity index is 1710. The maximum atomic E-state index is 12.5. The molecule has 53 heavy (non-hydrogen) atoms. The Labute approximate surface area is 306 Å². The number of allylic oxidation sites excluding steroid dienone is 3. The number of ether oxygens (including phenoxy) is 4. The van der Waals surface area contributed by atoms with Crippen LogP contribution in [0.2, 0.25) is 0 Å². The maximum Gasteiger partial charge on any atom is 0.416 e. The zero-order chi connectivity index (χ0) is 38.5. The van der Waals surface area contributed by atoms with Gasteiger partial charge in [-0.25, -0.2) is 4.79 Å². The Kier molecular flexibility index (Phi) is 17.7. The van der Waals surface area contributed by atoms with Gasteiger partial charge in [-0.1, -0.05) is 61.4 Å². The first kappa shape index (κ1) is 41.8. The highest BCUT2D eigenvalue weighted by Gasteiger charge is 2.30. The standard InChI is InChI=1S/C24H25NO8.C16H19F3O/c1-3-4-5-6-10-23(26)33-21-13-11-18(16-22(21)30-2)12-14-24(27)32-20-9-7-8-19(15-20)17-31-25(28)29;17-16(18,19)14-9-5-10-15(12-14)20-11-4-3-8-13-6-1-2-7-13/h3-4,7-9,11-16H,5-6,10,17H2,1-2H3;3,5,8-10,12-13H,1-2,4,6-7,11H2/b4-3-,14-12+;8-3+. The molecular formula is C40H44F3NO9. The first-order valence-electron chi connectivity index (χ1n) is 17.2. The summed E-state index contributed by atoms with van der Waals surface area (Å²) in [7, 11) is 1.45. The maximum absolute atomic E-state index is 12.5. The summed E-state index contributed by atoms with van der Waals surface area (Å²) in [6.45, 7) is 2.08. The molecule has 284 valence electrons. The Morgan fingerprint density at radius 3 is 2.40 bits per heavy atom. The van der Waals surface area contributed by atoms with Crippen molar-refractivity contribution in [2.45, 2.75) is 71.1 Å². The molecule has 0 radical (unpaired) electrons. The van der Waals surface area contributed by atoms with Gasteiger partial charge in [-0.3, -0.25) is 4.79 Å². The highest BCUT2D eigenvalue weighted by molar-refractivity contribution is 5.89. The number of hydrogen-bond donors (Lipinski definition) is 0. The molecule has 0 heterocycles. The van der Waals surface area contributed by atoms with Crippen molar-refractivity contribution in [1.82, 2.24) is 0 Å². The third-order valence-electron chi connectivity index (χ3n) is 7.79. The van der Waals surface area contributed by atoms with Crippen molar-refractivity contribution in [1.29, 1.82) is 0 Å². The lowest BCUT2D eigenvalue weighted by Gasteiger charge is -2.10. The number of rotatable bonds is 17. The Hall–Kier alpha value is -5.59. The lowest BCUT2D eigenvalue weighted by Crippen LogP contribution is -2.08. The second-order valence-corrected chi connectivity index (χ2v) is 11.9. The highest BCUT2D eigenvalue weighted by Crippen LogP contribution is 2.32. The average molecular weight is 740 g/mol. The third kappa shape index (κ3) is 16.5. The number of carbonyl (C=O) groups excluding carboxylic acids is 2. The van der Waals surface area contributed by atoms with Crippen LogP contribution in [0, 0.1) is 16.0 Å². The molecule has 0 amide bonds. The summed E-state index contributed by atoms with van der Waals surface area (Å²) < 4.78 is 58.8. The Morgan fingerprint density at radius 2 is 1.68 bits per heavy atom. The van der Waals surface area contributed by atoms with E-state index in [1.54, 1.807) is 42.5 Å². The predicted molar refractivity (Wildman–Crippen MR) is 193 cm³/mol. The fourth-order valence-electron chi connectivity index (χ4n) is 5.16. The first-order valence-corrected chi connectivity index (χ1v) is 17.2. The van der Waals surface area contributed by atoms with Gasteiger partial charge in [0.15, 0.2) is 11.5 Å². The second kappa shape index (κ2) is 22.4. The number of unbranched alkanes of at least 4 members (excludes halogenated alkanes) is 1. The van der Waals surface area contributed by atoms with Gasteiger partial charge in [0.25, 0.3) is 5.09 Å². The smallest absolute Gasteiger partial charge is 0.416 e. The van der Waals surface area contributed by atoms with Crippen molar-refractivity contribution < 1.29 is 51.6 Å². The molecular weight excluding hydrogens is 695 g/mol. The van der Waals surface area contributed by atoms with E-state index in [-0.39, 0.29) is 24.1 Å². The van der Waals surface area contributed by atoms with Crippen molar-refractivity contribution in [3.05, 3.63) is 124 Å². The van der Waals surface area contributed by atoms with Gasteiger partial charge < -0.3 is 23.8 Å². The van der Waals surface area contributed by atoms with E-state index in [1.807, 2.05) is 19.1 Å². The highest BCUT2D eigenvalue weighted by atomic mass is 19.4. The first-order chi connectivity index (χ1) is 25.5. The van der Waals surface area contributed by atoms with Crippen LogP contribution in [0.5, 0.6) is 23.0 Å². The van der Waals surface area contributed by atoms with Gasteiger partial charge in [0.05, 0.1) is 19.3 Å². The fraction of sp³-hybridized carbons (Fsp3) is 0.350. The van der Waals surface area contributed by atoms with Crippen LogP contribution in [0.15, 0.2) is 97.1 Å². The van der Waals surface area contributed by atoms with Gasteiger partial charge in [0, 0.05) is 12.5 Å². The number of carbonyl (C=O) groups is 2. The van der Waals surface area contributed by atoms with Crippen LogP contribution in [-0.2, 0) is 27.2 Å². The topological polar surface area (TPSA) is 123 Å². The fourth-order valence-corrected chi connectivity index (χ4v) is 5.16. The van der Waals surface area contributed by atoms with E-state index in [9.17, 15) is 32.9 Å². The molecule has 3 aromatic carbocycles. The number of nitrogens with zero attached hydrogens (tertiary/aromatic N) is 1. The van der Waals surface area contributed by atoms with Crippen LogP contribution in [0.3, 0.4) is 0 Å². The zero-order valence-corrected chi connectivity index (χ0v) is 29.7. The van der Waals surface area contributed by atoms with Crippen molar-refractivity contribution in [3.8, 4) is 23.0 Å². The van der Waals surface area contributed by atoms with E-state index in [2.05, 4.69) is 17.0 Å². The quantitative estimate of drug-likeness (QED) is 0.0253. The monoisotopic (exact) mass is 739 g/mol. The Balaban J connectivity index is 0.000000321. The Morgan fingerprint density at radius 1 is 0.925 bits per heavy atom. The summed E-state index contributed by atoms with van der Waals surface area (Å²) in [5, 5.41) is 9.40. The second-order valence-electron chi connectivity index (χ2n) is 11.9. The van der Waals surface area contributed by atoms with Crippen LogP contribution in [0.1, 0.15) is 75.0 Å². The lowest BCUT2D eigenvalue weighted by atomic mass is 10.1. The zero-order valence-electron chi connectivity index (χ0n) is 29.7. The summed E-state index contributed by atoms with van der Waals surface area (Å²) in [5.41, 5.74) is 0.444. The molecule has 1 aliphatic carbocycles. The molecule has 1 fully saturated rings. The van der Waals surface area contributed by atoms with Gasteiger partial charge in [0.1, 0.15) is 18.1 Å². The summed E-state index contributed by atoms with van der Waals surface area (Å²) >= 11 is 0. The van der Waals surface area contributed by atoms with Gasteiger partial charge in [0.2, 0.25) is 0 Å². The molecule has 4 rings (SSSR count). The largest absolute Gasteiger partial charge is 0.493 e. The number of hydrogen-bond acceptors (Lipinski definition) is 9. The lowest BCUT2D eigenvalue weighted by molar-refractivity contribution is -0.763. The molecule has 0 atom stereocenters. The predicted octanol–water partition coefficient (Wildman–Crippen LogP) is 9.89. The van der Waals surface area contributed by atoms with Gasteiger partial charge in [-0.15, -0.1) is 10.1 Å². The molecule has 1 saturated carbocycles. The molecule has 10 nitrogen and oxygen atoms in total. The van der Waals surface area contributed by atoms with Crippen molar-refractivity contribution >= 4 is 18.0 Å². The molecule has 0 aliphatic heterocycles. The molecule has 0 N–H and O–H groups in total. The van der Waals surface area contributed by atoms with E-state index >= 15 is 0 Å². The molecule has 0 spiro atoms.